The molecule has 2 aromatic carbocycles. The van der Waals surface area contributed by atoms with Crippen molar-refractivity contribution in [2.75, 3.05) is 14.1 Å². The zero-order chi connectivity index (χ0) is 28.9. The molecule has 3 aromatic heterocycles. The summed E-state index contributed by atoms with van der Waals surface area (Å²) in [6.07, 6.45) is 2.87. The summed E-state index contributed by atoms with van der Waals surface area (Å²) in [4.78, 5) is 39.2. The van der Waals surface area contributed by atoms with Gasteiger partial charge in [0, 0.05) is 23.2 Å². The molecule has 5 rings (SSSR count). The molecule has 11 heteroatoms. The second kappa shape index (κ2) is 12.3. The summed E-state index contributed by atoms with van der Waals surface area (Å²) in [7, 11) is 3.86. The number of nitrogens with one attached hydrogen (secondary N) is 1. The predicted octanol–water partition coefficient (Wildman–Crippen LogP) is 3.99. The molecule has 0 unspecified atom stereocenters. The Hall–Kier alpha value is -4.64. The minimum Gasteiger partial charge on any atom is -0.339 e. The van der Waals surface area contributed by atoms with E-state index in [4.69, 9.17) is 14.0 Å². The number of aryl methyl sites for hydroxylation is 2. The van der Waals surface area contributed by atoms with Gasteiger partial charge < -0.3 is 9.42 Å². The predicted molar refractivity (Wildman–Crippen MR) is 153 cm³/mol. The normalized spacial score (nSPS) is 11.4. The van der Waals surface area contributed by atoms with Crippen LogP contribution in [0.5, 0.6) is 0 Å². The van der Waals surface area contributed by atoms with Gasteiger partial charge in [0.25, 0.3) is 5.56 Å². The zero-order valence-electron chi connectivity index (χ0n) is 23.7. The van der Waals surface area contributed by atoms with Gasteiger partial charge in [-0.25, -0.2) is 9.78 Å². The average molecular weight is 556 g/mol. The highest BCUT2D eigenvalue weighted by Crippen LogP contribution is 2.30. The molecule has 1 N–H and O–H groups in total. The third-order valence-electron chi connectivity index (χ3n) is 6.83. The standard InChI is InChI=1S/C30H33N7O4/c1-5-6-11-26-31-19(2)24(16-27-32-25(34-40-27)18-36(3)4)29(38)37(26)17-20-12-14-21(15-13-20)22-9-7-8-10-23(22)28-33-30(39)41-35-28/h7-10,12-15H,5-6,11,16-18H2,1-4H3,(H,33,35,39). The number of aromatic amines is 1. The molecule has 0 fully saturated rings. The van der Waals surface area contributed by atoms with E-state index in [2.05, 4.69) is 27.2 Å². The molecule has 0 saturated carbocycles. The Morgan fingerprint density at radius 3 is 2.39 bits per heavy atom. The third-order valence-corrected chi connectivity index (χ3v) is 6.83. The van der Waals surface area contributed by atoms with Crippen molar-refractivity contribution in [3.8, 4) is 22.5 Å². The first-order chi connectivity index (χ1) is 19.8. The van der Waals surface area contributed by atoms with Crippen molar-refractivity contribution >= 4 is 0 Å². The molecule has 0 amide bonds. The number of hydrogen-bond acceptors (Lipinski definition) is 9. The van der Waals surface area contributed by atoms with Crippen molar-refractivity contribution in [2.45, 2.75) is 52.6 Å². The Morgan fingerprint density at radius 2 is 1.71 bits per heavy atom. The molecule has 0 saturated heterocycles. The Morgan fingerprint density at radius 1 is 0.951 bits per heavy atom. The number of rotatable bonds is 11. The maximum absolute atomic E-state index is 13.8. The highest BCUT2D eigenvalue weighted by atomic mass is 16.5. The Bertz CT molecular complexity index is 1750. The van der Waals surface area contributed by atoms with Crippen LogP contribution in [0.15, 0.2) is 67.2 Å². The van der Waals surface area contributed by atoms with Crippen molar-refractivity contribution < 1.29 is 9.05 Å². The summed E-state index contributed by atoms with van der Waals surface area (Å²) >= 11 is 0. The molecule has 0 atom stereocenters. The fourth-order valence-corrected chi connectivity index (χ4v) is 4.77. The molecule has 3 heterocycles. The first kappa shape index (κ1) is 27.9. The highest BCUT2D eigenvalue weighted by molar-refractivity contribution is 5.80. The van der Waals surface area contributed by atoms with Crippen molar-refractivity contribution in [3.05, 3.63) is 104 Å². The van der Waals surface area contributed by atoms with Gasteiger partial charge in [-0.3, -0.25) is 18.9 Å². The SMILES string of the molecule is CCCCc1nc(C)c(Cc2nc(CN(C)C)no2)c(=O)n1Cc1ccc(-c2ccccc2-c2noc(=O)[nH]2)cc1. The lowest BCUT2D eigenvalue weighted by molar-refractivity contribution is 0.351. The number of nitrogens with zero attached hydrogens (tertiary/aromatic N) is 6. The topological polar surface area (TPSA) is 136 Å². The summed E-state index contributed by atoms with van der Waals surface area (Å²) in [6.45, 7) is 4.92. The smallest absolute Gasteiger partial charge is 0.339 e. The van der Waals surface area contributed by atoms with Crippen LogP contribution in [0, 0.1) is 6.92 Å². The van der Waals surface area contributed by atoms with Gasteiger partial charge in [0.1, 0.15) is 5.82 Å². The monoisotopic (exact) mass is 555 g/mol. The maximum atomic E-state index is 13.8. The van der Waals surface area contributed by atoms with E-state index >= 15 is 0 Å². The second-order valence-corrected chi connectivity index (χ2v) is 10.3. The van der Waals surface area contributed by atoms with Gasteiger partial charge >= 0.3 is 5.76 Å². The number of benzene rings is 2. The van der Waals surface area contributed by atoms with Crippen LogP contribution >= 0.6 is 0 Å². The number of hydrogen-bond donors (Lipinski definition) is 1. The van der Waals surface area contributed by atoms with Crippen molar-refractivity contribution in [2.24, 2.45) is 0 Å². The van der Waals surface area contributed by atoms with E-state index in [1.165, 1.54) is 0 Å². The molecule has 11 nitrogen and oxygen atoms in total. The van der Waals surface area contributed by atoms with Gasteiger partial charge in [0.15, 0.2) is 11.6 Å². The molecular formula is C30H33N7O4. The lowest BCUT2D eigenvalue weighted by Crippen LogP contribution is -2.30. The van der Waals surface area contributed by atoms with Crippen LogP contribution in [0.25, 0.3) is 22.5 Å². The van der Waals surface area contributed by atoms with Gasteiger partial charge in [-0.1, -0.05) is 72.2 Å². The molecule has 0 aliphatic heterocycles. The van der Waals surface area contributed by atoms with Crippen molar-refractivity contribution in [3.63, 3.8) is 0 Å². The van der Waals surface area contributed by atoms with Gasteiger partial charge in [-0.15, -0.1) is 0 Å². The lowest BCUT2D eigenvalue weighted by atomic mass is 9.98. The molecule has 0 aliphatic carbocycles. The van der Waals surface area contributed by atoms with Gasteiger partial charge in [-0.05, 0) is 44.1 Å². The molecule has 212 valence electrons. The zero-order valence-corrected chi connectivity index (χ0v) is 23.7. The molecular weight excluding hydrogens is 522 g/mol. The molecule has 0 radical (unpaired) electrons. The first-order valence-corrected chi connectivity index (χ1v) is 13.6. The quantitative estimate of drug-likeness (QED) is 0.257. The van der Waals surface area contributed by atoms with E-state index in [1.54, 1.807) is 4.57 Å². The van der Waals surface area contributed by atoms with Crippen molar-refractivity contribution in [1.82, 2.24) is 34.7 Å². The summed E-state index contributed by atoms with van der Waals surface area (Å²) in [6, 6.07) is 15.6. The minimum atomic E-state index is -0.603. The van der Waals surface area contributed by atoms with E-state index < -0.39 is 5.76 Å². The van der Waals surface area contributed by atoms with Crippen LogP contribution in [0.4, 0.5) is 0 Å². The molecule has 0 bridgehead atoms. The van der Waals surface area contributed by atoms with Gasteiger partial charge in [0.2, 0.25) is 5.89 Å². The Kier molecular flexibility index (Phi) is 8.34. The maximum Gasteiger partial charge on any atom is 0.439 e. The van der Waals surface area contributed by atoms with Crippen LogP contribution < -0.4 is 11.3 Å². The van der Waals surface area contributed by atoms with E-state index in [0.717, 1.165) is 40.9 Å². The summed E-state index contributed by atoms with van der Waals surface area (Å²) in [5, 5.41) is 7.88. The van der Waals surface area contributed by atoms with Crippen LogP contribution in [0.3, 0.4) is 0 Å². The van der Waals surface area contributed by atoms with E-state index in [9.17, 15) is 9.59 Å². The van der Waals surface area contributed by atoms with Crippen LogP contribution in [0.2, 0.25) is 0 Å². The fourth-order valence-electron chi connectivity index (χ4n) is 4.77. The molecule has 5 aromatic rings. The first-order valence-electron chi connectivity index (χ1n) is 13.6. The number of aromatic nitrogens is 6. The summed E-state index contributed by atoms with van der Waals surface area (Å²) in [5.74, 6) is 1.50. The molecule has 0 aliphatic rings. The molecule has 0 spiro atoms. The second-order valence-electron chi connectivity index (χ2n) is 10.3. The molecule has 41 heavy (non-hydrogen) atoms. The van der Waals surface area contributed by atoms with Crippen molar-refractivity contribution in [1.29, 1.82) is 0 Å². The Labute approximate surface area is 236 Å². The van der Waals surface area contributed by atoms with Crippen LogP contribution in [-0.2, 0) is 25.9 Å². The number of unbranched alkanes of at least 4 members (excludes halogenated alkanes) is 1. The van der Waals surface area contributed by atoms with E-state index in [0.29, 0.717) is 48.3 Å². The Balaban J connectivity index is 1.45. The van der Waals surface area contributed by atoms with E-state index in [-0.39, 0.29) is 12.0 Å². The minimum absolute atomic E-state index is 0.0969. The van der Waals surface area contributed by atoms with Crippen LogP contribution in [-0.4, -0.2) is 48.8 Å². The number of H-pyrrole nitrogens is 1. The average Bonchev–Trinajstić information content (AvgIpc) is 3.60. The largest absolute Gasteiger partial charge is 0.439 e. The summed E-state index contributed by atoms with van der Waals surface area (Å²) < 4.78 is 11.9. The lowest BCUT2D eigenvalue weighted by Gasteiger charge is -2.16. The fraction of sp³-hybridized carbons (Fsp3) is 0.333. The van der Waals surface area contributed by atoms with Gasteiger partial charge in [-0.2, -0.15) is 4.98 Å². The third kappa shape index (κ3) is 6.41. The highest BCUT2D eigenvalue weighted by Gasteiger charge is 2.18. The van der Waals surface area contributed by atoms with E-state index in [1.807, 2.05) is 74.4 Å². The van der Waals surface area contributed by atoms with Gasteiger partial charge in [0.05, 0.1) is 19.5 Å². The summed E-state index contributed by atoms with van der Waals surface area (Å²) in [5.41, 5.74) is 4.70. The van der Waals surface area contributed by atoms with Crippen LogP contribution in [0.1, 0.15) is 54.1 Å².